The van der Waals surface area contributed by atoms with Crippen molar-refractivity contribution in [3.63, 3.8) is 0 Å². The van der Waals surface area contributed by atoms with Gasteiger partial charge in [-0.1, -0.05) is 18.8 Å². The Kier molecular flexibility index (Phi) is 3.26. The quantitative estimate of drug-likeness (QED) is 0.560. The first-order valence-electron chi connectivity index (χ1n) is 9.47. The van der Waals surface area contributed by atoms with Crippen LogP contribution in [0.1, 0.15) is 39.5 Å². The number of amidine groups is 2. The van der Waals surface area contributed by atoms with Gasteiger partial charge in [0.15, 0.2) is 0 Å². The highest BCUT2D eigenvalue weighted by Gasteiger charge is 2.65. The second-order valence-corrected chi connectivity index (χ2v) is 7.71. The molecule has 0 unspecified atom stereocenters. The number of fused-ring (bicyclic) bond motifs is 6. The first-order chi connectivity index (χ1) is 12.1. The lowest BCUT2D eigenvalue weighted by Crippen LogP contribution is -2.54. The Morgan fingerprint density at radius 3 is 2.68 bits per heavy atom. The minimum Gasteiger partial charge on any atom is -0.369 e. The standard InChI is InChI=1S/C18H23N4O3/c1-3-5-21-16-12(17(23)22(6-4-2)18(21)24)19-15(20-16)11-8-9-7-10(11)14-13(9)25-14/h9-11,13-14H,3-8H2,1-2H3/q+1/t9-,10+,11-,13-,14+/m1/s1. The third kappa shape index (κ3) is 2.05. The molecule has 25 heavy (non-hydrogen) atoms. The van der Waals surface area contributed by atoms with E-state index in [9.17, 15) is 9.59 Å². The zero-order valence-corrected chi connectivity index (χ0v) is 14.6. The molecule has 5 atom stereocenters. The Hall–Kier alpha value is -1.89. The van der Waals surface area contributed by atoms with E-state index in [1.54, 1.807) is 4.58 Å². The normalized spacial score (nSPS) is 38.2. The van der Waals surface area contributed by atoms with Crippen LogP contribution >= 0.6 is 0 Å². The Morgan fingerprint density at radius 2 is 2.00 bits per heavy atom. The minimum atomic E-state index is -0.295. The highest BCUT2D eigenvalue weighted by molar-refractivity contribution is 6.70. The summed E-state index contributed by atoms with van der Waals surface area (Å²) in [5.74, 6) is 2.29. The molecule has 1 saturated heterocycles. The van der Waals surface area contributed by atoms with Crippen molar-refractivity contribution in [1.82, 2.24) is 4.90 Å². The average Bonchev–Trinajstić information content (AvgIpc) is 2.99. The van der Waals surface area contributed by atoms with Crippen LogP contribution in [-0.2, 0) is 9.53 Å². The summed E-state index contributed by atoms with van der Waals surface area (Å²) in [4.78, 5) is 36.2. The fourth-order valence-corrected chi connectivity index (χ4v) is 5.04. The number of rotatable bonds is 5. The van der Waals surface area contributed by atoms with Gasteiger partial charge in [0, 0.05) is 5.92 Å². The molecule has 0 aromatic heterocycles. The number of epoxide rings is 1. The maximum absolute atomic E-state index is 12.8. The molecule has 3 aliphatic heterocycles. The van der Waals surface area contributed by atoms with Crippen LogP contribution in [0.25, 0.3) is 0 Å². The maximum atomic E-state index is 12.8. The lowest BCUT2D eigenvalue weighted by molar-refractivity contribution is -0.435. The average molecular weight is 343 g/mol. The molecular weight excluding hydrogens is 320 g/mol. The monoisotopic (exact) mass is 343 g/mol. The van der Waals surface area contributed by atoms with Crippen LogP contribution in [0.5, 0.6) is 0 Å². The second-order valence-electron chi connectivity index (χ2n) is 7.71. The molecule has 3 fully saturated rings. The molecule has 2 saturated carbocycles. The first kappa shape index (κ1) is 15.4. The van der Waals surface area contributed by atoms with Gasteiger partial charge in [-0.2, -0.15) is 9.48 Å². The van der Waals surface area contributed by atoms with Crippen molar-refractivity contribution in [3.05, 3.63) is 0 Å². The van der Waals surface area contributed by atoms with Crippen LogP contribution in [0.3, 0.4) is 0 Å². The van der Waals surface area contributed by atoms with Crippen LogP contribution in [0.2, 0.25) is 0 Å². The first-order valence-corrected chi connectivity index (χ1v) is 9.47. The van der Waals surface area contributed by atoms with Gasteiger partial charge in [-0.3, -0.25) is 0 Å². The van der Waals surface area contributed by atoms with Gasteiger partial charge in [-0.15, -0.1) is 0 Å². The summed E-state index contributed by atoms with van der Waals surface area (Å²) in [5.41, 5.74) is 0.354. The largest absolute Gasteiger partial charge is 0.446 e. The molecule has 2 aliphatic carbocycles. The molecule has 0 spiro atoms. The predicted octanol–water partition coefficient (Wildman–Crippen LogP) is 1.46. The summed E-state index contributed by atoms with van der Waals surface area (Å²) in [5, 5.41) is 0. The molecule has 0 aromatic carbocycles. The van der Waals surface area contributed by atoms with E-state index in [0.717, 1.165) is 25.1 Å². The number of amides is 3. The van der Waals surface area contributed by atoms with Crippen molar-refractivity contribution in [2.45, 2.75) is 51.7 Å². The van der Waals surface area contributed by atoms with Crippen LogP contribution in [0.4, 0.5) is 4.79 Å². The van der Waals surface area contributed by atoms with E-state index in [1.165, 1.54) is 11.3 Å². The molecule has 7 heteroatoms. The minimum absolute atomic E-state index is 0.258. The molecule has 132 valence electrons. The number of hydrogen-bond donors (Lipinski definition) is 0. The van der Waals surface area contributed by atoms with E-state index in [1.807, 2.05) is 13.8 Å². The zero-order chi connectivity index (χ0) is 17.3. The molecular formula is C18H23N4O3+. The number of ether oxygens (including phenoxy) is 1. The Balaban J connectivity index is 1.52. The summed E-state index contributed by atoms with van der Waals surface area (Å²) >= 11 is 0. The van der Waals surface area contributed by atoms with Gasteiger partial charge in [0.25, 0.3) is 0 Å². The second kappa shape index (κ2) is 5.30. The van der Waals surface area contributed by atoms with Gasteiger partial charge in [0.2, 0.25) is 11.5 Å². The fourth-order valence-electron chi connectivity index (χ4n) is 5.04. The van der Waals surface area contributed by atoms with Gasteiger partial charge >= 0.3 is 17.8 Å². The third-order valence-electron chi connectivity index (χ3n) is 6.15. The molecule has 5 aliphatic rings. The topological polar surface area (TPSA) is 77.6 Å². The van der Waals surface area contributed by atoms with Crippen molar-refractivity contribution >= 4 is 29.3 Å². The van der Waals surface area contributed by atoms with E-state index in [4.69, 9.17) is 9.73 Å². The summed E-state index contributed by atoms with van der Waals surface area (Å²) in [6, 6.07) is -0.258. The Bertz CT molecular complexity index is 768. The van der Waals surface area contributed by atoms with Gasteiger partial charge in [0.05, 0.1) is 25.3 Å². The number of hydrogen-bond acceptors (Lipinski definition) is 5. The van der Waals surface area contributed by atoms with Gasteiger partial charge in [-0.25, -0.2) is 14.6 Å². The molecule has 5 rings (SSSR count). The number of aliphatic imine (C=N–C) groups is 2. The van der Waals surface area contributed by atoms with Crippen LogP contribution < -0.4 is 0 Å². The smallest absolute Gasteiger partial charge is 0.369 e. The van der Waals surface area contributed by atoms with Crippen LogP contribution in [0, 0.1) is 17.8 Å². The molecule has 2 bridgehead atoms. The van der Waals surface area contributed by atoms with Crippen molar-refractivity contribution in [2.75, 3.05) is 13.1 Å². The molecule has 3 heterocycles. The highest BCUT2D eigenvalue weighted by atomic mass is 16.6. The number of urea groups is 1. The maximum Gasteiger partial charge on any atom is 0.446 e. The van der Waals surface area contributed by atoms with Crippen LogP contribution in [0.15, 0.2) is 9.98 Å². The van der Waals surface area contributed by atoms with Crippen molar-refractivity contribution in [1.29, 1.82) is 0 Å². The SMILES string of the molecule is CCCN1C(=O)C2=NC([C@@H]3C[C@H]4C[C@@H]3[C@@H]3O[C@H]43)=NC2=[N+](CCC)C1=O. The molecule has 0 radical (unpaired) electrons. The molecule has 0 aromatic rings. The summed E-state index contributed by atoms with van der Waals surface area (Å²) < 4.78 is 7.38. The number of nitrogens with zero attached hydrogens (tertiary/aromatic N) is 4. The van der Waals surface area contributed by atoms with Crippen molar-refractivity contribution in [2.24, 2.45) is 27.7 Å². The van der Waals surface area contributed by atoms with Crippen molar-refractivity contribution in [3.8, 4) is 0 Å². The van der Waals surface area contributed by atoms with Gasteiger partial charge in [0.1, 0.15) is 0 Å². The van der Waals surface area contributed by atoms with E-state index < -0.39 is 0 Å². The van der Waals surface area contributed by atoms with E-state index in [-0.39, 0.29) is 17.9 Å². The zero-order valence-electron chi connectivity index (χ0n) is 14.6. The number of carbonyl (C=O) groups is 2. The number of imide groups is 1. The summed E-state index contributed by atoms with van der Waals surface area (Å²) in [7, 11) is 0. The Morgan fingerprint density at radius 1 is 1.16 bits per heavy atom. The molecule has 0 N–H and O–H groups in total. The lowest BCUT2D eigenvalue weighted by Gasteiger charge is -2.21. The predicted molar refractivity (Wildman–Crippen MR) is 91.1 cm³/mol. The van der Waals surface area contributed by atoms with Crippen molar-refractivity contribution < 1.29 is 18.9 Å². The van der Waals surface area contributed by atoms with E-state index in [0.29, 0.717) is 48.7 Å². The third-order valence-corrected chi connectivity index (χ3v) is 6.15. The van der Waals surface area contributed by atoms with E-state index in [2.05, 4.69) is 4.99 Å². The molecule has 7 nitrogen and oxygen atoms in total. The fraction of sp³-hybridized carbons (Fsp3) is 0.722. The van der Waals surface area contributed by atoms with Crippen LogP contribution in [-0.4, -0.2) is 64.1 Å². The van der Waals surface area contributed by atoms with E-state index >= 15 is 0 Å². The number of carbonyl (C=O) groups excluding carboxylic acids is 2. The Labute approximate surface area is 146 Å². The highest BCUT2D eigenvalue weighted by Crippen LogP contribution is 2.59. The lowest BCUT2D eigenvalue weighted by atomic mass is 9.88. The van der Waals surface area contributed by atoms with Gasteiger partial charge < -0.3 is 4.74 Å². The molecule has 3 amide bonds. The summed E-state index contributed by atoms with van der Waals surface area (Å²) in [6.45, 7) is 4.96. The summed E-state index contributed by atoms with van der Waals surface area (Å²) in [6.07, 6.45) is 4.62. The van der Waals surface area contributed by atoms with Gasteiger partial charge in [-0.05, 0) is 37.5 Å².